The maximum Gasteiger partial charge on any atom is 0.341 e. The first-order chi connectivity index (χ1) is 19.0. The van der Waals surface area contributed by atoms with E-state index in [9.17, 15) is 14.7 Å². The van der Waals surface area contributed by atoms with Crippen molar-refractivity contribution < 1.29 is 33.6 Å². The number of nitrogens with zero attached hydrogens (tertiary/aromatic N) is 5. The molecule has 4 unspecified atom stereocenters. The number of carbonyl (C=O) groups excluding carboxylic acids is 1. The number of rotatable bonds is 9. The summed E-state index contributed by atoms with van der Waals surface area (Å²) in [5.41, 5.74) is 0.575. The first-order valence-corrected chi connectivity index (χ1v) is 13.6. The maximum atomic E-state index is 13.0. The summed E-state index contributed by atoms with van der Waals surface area (Å²) in [5, 5.41) is 24.5. The van der Waals surface area contributed by atoms with Crippen molar-refractivity contribution in [3.63, 3.8) is 0 Å². The number of morpholine rings is 1. The lowest BCUT2D eigenvalue weighted by Gasteiger charge is -2.29. The van der Waals surface area contributed by atoms with Crippen LogP contribution < -0.4 is 15.0 Å². The van der Waals surface area contributed by atoms with Gasteiger partial charge in [0.05, 0.1) is 38.9 Å². The van der Waals surface area contributed by atoms with E-state index in [0.717, 1.165) is 44.5 Å². The Morgan fingerprint density at radius 1 is 1.10 bits per heavy atom. The number of aliphatic carboxylic acids is 1. The fourth-order valence-corrected chi connectivity index (χ4v) is 6.40. The Morgan fingerprint density at radius 3 is 2.69 bits per heavy atom. The second-order valence-electron chi connectivity index (χ2n) is 10.9. The van der Waals surface area contributed by atoms with Gasteiger partial charge in [0.1, 0.15) is 24.0 Å². The number of ether oxygens (including phenoxy) is 4. The van der Waals surface area contributed by atoms with E-state index >= 15 is 0 Å². The number of anilines is 1. The number of carboxylic acid groups (broad SMARTS) is 1. The summed E-state index contributed by atoms with van der Waals surface area (Å²) in [6.07, 6.45) is 2.92. The second kappa shape index (κ2) is 11.1. The Morgan fingerprint density at radius 2 is 1.90 bits per heavy atom. The Bertz CT molecular complexity index is 1180. The van der Waals surface area contributed by atoms with Crippen molar-refractivity contribution in [3.05, 3.63) is 24.3 Å². The lowest BCUT2D eigenvalue weighted by Crippen LogP contribution is -2.45. The molecule has 1 aromatic heterocycles. The van der Waals surface area contributed by atoms with Gasteiger partial charge in [0, 0.05) is 31.3 Å². The molecule has 13 heteroatoms. The van der Waals surface area contributed by atoms with E-state index in [2.05, 4.69) is 25.7 Å². The first kappa shape index (κ1) is 26.0. The number of amides is 1. The average Bonchev–Trinajstić information content (AvgIpc) is 3.72. The minimum Gasteiger partial charge on any atom is -0.481 e. The van der Waals surface area contributed by atoms with Crippen LogP contribution in [0, 0.1) is 5.41 Å². The summed E-state index contributed by atoms with van der Waals surface area (Å²) in [6.45, 7) is 3.62. The summed E-state index contributed by atoms with van der Waals surface area (Å²) in [7, 11) is 0. The van der Waals surface area contributed by atoms with Crippen LogP contribution in [0.3, 0.4) is 0 Å². The molecular formula is C26H34N6O7. The van der Waals surface area contributed by atoms with Crippen LogP contribution in [0.1, 0.15) is 44.6 Å². The lowest BCUT2D eigenvalue weighted by atomic mass is 9.79. The molecule has 1 aliphatic carbocycles. The van der Waals surface area contributed by atoms with Gasteiger partial charge in [-0.3, -0.25) is 9.59 Å². The van der Waals surface area contributed by atoms with Gasteiger partial charge in [-0.1, -0.05) is 24.0 Å². The van der Waals surface area contributed by atoms with Gasteiger partial charge in [-0.15, -0.1) is 0 Å². The molecule has 2 N–H and O–H groups in total. The molecule has 210 valence electrons. The van der Waals surface area contributed by atoms with E-state index in [1.54, 1.807) is 4.68 Å². The molecule has 0 spiro atoms. The van der Waals surface area contributed by atoms with Crippen LogP contribution in [0.2, 0.25) is 0 Å². The van der Waals surface area contributed by atoms with Crippen molar-refractivity contribution in [2.45, 2.75) is 62.8 Å². The molecule has 4 atom stereocenters. The van der Waals surface area contributed by atoms with Crippen LogP contribution in [0.25, 0.3) is 0 Å². The van der Waals surface area contributed by atoms with Crippen molar-refractivity contribution in [1.29, 1.82) is 0 Å². The highest BCUT2D eigenvalue weighted by atomic mass is 16.6. The number of hydrogen-bond donors (Lipinski definition) is 2. The van der Waals surface area contributed by atoms with Gasteiger partial charge in [0.2, 0.25) is 5.91 Å². The van der Waals surface area contributed by atoms with E-state index in [-0.39, 0.29) is 49.1 Å². The van der Waals surface area contributed by atoms with E-state index < -0.39 is 11.4 Å². The monoisotopic (exact) mass is 542 g/mol. The van der Waals surface area contributed by atoms with Gasteiger partial charge in [0.15, 0.2) is 0 Å². The highest BCUT2D eigenvalue weighted by Gasteiger charge is 2.50. The van der Waals surface area contributed by atoms with Crippen LogP contribution in [0.4, 0.5) is 5.69 Å². The molecule has 1 amide bonds. The van der Waals surface area contributed by atoms with Crippen LogP contribution in [-0.4, -0.2) is 95.0 Å². The standard InChI is InChI=1S/C26H34N6O7/c33-21(13-26(14-22(34)35)6-1-2-7-26)27-19-15-37-24-20(16-38-23(19)24)32-25(28-29-30-32)39-18-5-3-4-17(12-18)31-8-10-36-11-9-31/h3-5,12,19-20,23-24H,1-2,6-11,13-16H2,(H,27,33)(H,34,35). The van der Waals surface area contributed by atoms with Crippen molar-refractivity contribution in [2.24, 2.45) is 5.41 Å². The molecule has 2 aromatic rings. The number of benzene rings is 1. The molecule has 4 heterocycles. The van der Waals surface area contributed by atoms with Crippen LogP contribution in [0.15, 0.2) is 24.3 Å². The smallest absolute Gasteiger partial charge is 0.341 e. The quantitative estimate of drug-likeness (QED) is 0.475. The van der Waals surface area contributed by atoms with Crippen molar-refractivity contribution in [2.75, 3.05) is 44.4 Å². The van der Waals surface area contributed by atoms with Crippen LogP contribution in [-0.2, 0) is 23.8 Å². The summed E-state index contributed by atoms with van der Waals surface area (Å²) >= 11 is 0. The summed E-state index contributed by atoms with van der Waals surface area (Å²) in [5.74, 6) is -0.403. The largest absolute Gasteiger partial charge is 0.481 e. The predicted molar refractivity (Wildman–Crippen MR) is 136 cm³/mol. The second-order valence-corrected chi connectivity index (χ2v) is 10.9. The Kier molecular flexibility index (Phi) is 7.36. The number of nitrogens with one attached hydrogen (secondary N) is 1. The molecule has 13 nitrogen and oxygen atoms in total. The van der Waals surface area contributed by atoms with Gasteiger partial charge in [0.25, 0.3) is 0 Å². The van der Waals surface area contributed by atoms with E-state index in [1.165, 1.54) is 0 Å². The molecule has 0 radical (unpaired) electrons. The van der Waals surface area contributed by atoms with Crippen molar-refractivity contribution >= 4 is 17.6 Å². The third-order valence-electron chi connectivity index (χ3n) is 8.28. The van der Waals surface area contributed by atoms with Gasteiger partial charge >= 0.3 is 12.0 Å². The summed E-state index contributed by atoms with van der Waals surface area (Å²) < 4.78 is 25.3. The number of carboxylic acids is 1. The molecule has 3 aliphatic heterocycles. The minimum atomic E-state index is -0.858. The zero-order valence-corrected chi connectivity index (χ0v) is 21.7. The van der Waals surface area contributed by atoms with Crippen LogP contribution in [0.5, 0.6) is 11.8 Å². The predicted octanol–water partition coefficient (Wildman–Crippen LogP) is 1.55. The topological polar surface area (TPSA) is 150 Å². The SMILES string of the molecule is O=C(O)CC1(CC(=O)NC2COC3C2OCC3n2nnnc2Oc2cccc(N3CCOCC3)c2)CCCC1. The zero-order chi connectivity index (χ0) is 26.8. The Hall–Kier alpha value is -3.29. The molecule has 3 saturated heterocycles. The highest BCUT2D eigenvalue weighted by molar-refractivity contribution is 5.78. The fourth-order valence-electron chi connectivity index (χ4n) is 6.40. The molecule has 0 bridgehead atoms. The number of carbonyl (C=O) groups is 2. The number of tetrazole rings is 1. The summed E-state index contributed by atoms with van der Waals surface area (Å²) in [6, 6.07) is 7.36. The van der Waals surface area contributed by atoms with Gasteiger partial charge in [-0.25, -0.2) is 0 Å². The Balaban J connectivity index is 1.09. The number of aromatic nitrogens is 4. The zero-order valence-electron chi connectivity index (χ0n) is 21.7. The van der Waals surface area contributed by atoms with Crippen molar-refractivity contribution in [1.82, 2.24) is 25.5 Å². The van der Waals surface area contributed by atoms with E-state index in [0.29, 0.717) is 32.2 Å². The van der Waals surface area contributed by atoms with E-state index in [1.807, 2.05) is 24.3 Å². The third-order valence-corrected chi connectivity index (χ3v) is 8.28. The van der Waals surface area contributed by atoms with E-state index in [4.69, 9.17) is 18.9 Å². The van der Waals surface area contributed by atoms with Crippen LogP contribution >= 0.6 is 0 Å². The number of hydrogen-bond acceptors (Lipinski definition) is 10. The van der Waals surface area contributed by atoms with Gasteiger partial charge in [-0.05, 0) is 40.8 Å². The fraction of sp³-hybridized carbons (Fsp3) is 0.654. The number of fused-ring (bicyclic) bond motifs is 1. The molecule has 39 heavy (non-hydrogen) atoms. The molecule has 6 rings (SSSR count). The van der Waals surface area contributed by atoms with Gasteiger partial charge < -0.3 is 34.3 Å². The van der Waals surface area contributed by atoms with Gasteiger partial charge in [-0.2, -0.15) is 4.68 Å². The van der Waals surface area contributed by atoms with Crippen molar-refractivity contribution in [3.8, 4) is 11.8 Å². The normalized spacial score (nSPS) is 27.8. The summed E-state index contributed by atoms with van der Waals surface area (Å²) in [4.78, 5) is 26.6. The highest BCUT2D eigenvalue weighted by Crippen LogP contribution is 2.44. The molecule has 4 aliphatic rings. The third kappa shape index (κ3) is 5.56. The first-order valence-electron chi connectivity index (χ1n) is 13.6. The minimum absolute atomic E-state index is 0.0175. The maximum absolute atomic E-state index is 13.0. The average molecular weight is 543 g/mol. The Labute approximate surface area is 225 Å². The molecule has 1 aromatic carbocycles. The molecule has 4 fully saturated rings. The molecule has 1 saturated carbocycles. The molecular weight excluding hydrogens is 508 g/mol. The lowest BCUT2D eigenvalue weighted by molar-refractivity contribution is -0.140.